The maximum Gasteiger partial charge on any atom is 0.251 e. The summed E-state index contributed by atoms with van der Waals surface area (Å²) >= 11 is 5.54. The van der Waals surface area contributed by atoms with E-state index in [2.05, 4.69) is 10.6 Å². The van der Waals surface area contributed by atoms with E-state index < -0.39 is 23.8 Å². The molecule has 0 radical (unpaired) electrons. The smallest absolute Gasteiger partial charge is 0.251 e. The topological polar surface area (TPSA) is 58.2 Å². The van der Waals surface area contributed by atoms with Gasteiger partial charge >= 0.3 is 0 Å². The average Bonchev–Trinajstić information content (AvgIpc) is 2.80. The number of benzene rings is 1. The van der Waals surface area contributed by atoms with Crippen molar-refractivity contribution in [2.24, 2.45) is 5.92 Å². The van der Waals surface area contributed by atoms with Gasteiger partial charge in [-0.2, -0.15) is 0 Å². The number of hydrogen-bond acceptors (Lipinski definition) is 2. The van der Waals surface area contributed by atoms with Gasteiger partial charge < -0.3 is 10.6 Å². The van der Waals surface area contributed by atoms with Gasteiger partial charge in [-0.15, -0.1) is 11.6 Å². The highest BCUT2D eigenvalue weighted by molar-refractivity contribution is 6.27. The second kappa shape index (κ2) is 9.86. The standard InChI is InChI=1S/C19H25ClF2N2O2/c20-12-18(26)24-16(14-7-3-1-4-8-14)13-23-17(25)11-15-9-5-2-6-10-19(15,21)22/h1,3-4,7-8,15-16H,2,5-6,9-13H2,(H,23,25)(H,24,26). The molecule has 0 spiro atoms. The Kier molecular flexibility index (Phi) is 7.82. The molecule has 1 saturated carbocycles. The molecule has 2 N–H and O–H groups in total. The van der Waals surface area contributed by atoms with E-state index in [1.165, 1.54) is 0 Å². The average molecular weight is 387 g/mol. The van der Waals surface area contributed by atoms with E-state index >= 15 is 0 Å². The van der Waals surface area contributed by atoms with Crippen LogP contribution in [0.25, 0.3) is 0 Å². The Labute approximate surface area is 157 Å². The number of nitrogens with one attached hydrogen (secondary N) is 2. The van der Waals surface area contributed by atoms with Crippen molar-refractivity contribution in [1.29, 1.82) is 0 Å². The Morgan fingerprint density at radius 3 is 2.58 bits per heavy atom. The quantitative estimate of drug-likeness (QED) is 0.553. The highest BCUT2D eigenvalue weighted by atomic mass is 35.5. The number of amides is 2. The monoisotopic (exact) mass is 386 g/mol. The van der Waals surface area contributed by atoms with E-state index in [4.69, 9.17) is 11.6 Å². The van der Waals surface area contributed by atoms with E-state index in [0.717, 1.165) is 18.4 Å². The van der Waals surface area contributed by atoms with Crippen LogP contribution in [0.4, 0.5) is 8.78 Å². The third kappa shape index (κ3) is 6.24. The second-order valence-corrected chi connectivity index (χ2v) is 7.00. The number of rotatable bonds is 7. The molecule has 7 heteroatoms. The lowest BCUT2D eigenvalue weighted by Gasteiger charge is -2.25. The Hall–Kier alpha value is -1.69. The zero-order chi connectivity index (χ0) is 19.0. The van der Waals surface area contributed by atoms with Crippen molar-refractivity contribution in [3.8, 4) is 0 Å². The van der Waals surface area contributed by atoms with Gasteiger partial charge in [0.25, 0.3) is 5.92 Å². The molecule has 0 aliphatic heterocycles. The molecule has 0 bridgehead atoms. The maximum atomic E-state index is 14.1. The lowest BCUT2D eigenvalue weighted by atomic mass is 9.92. The van der Waals surface area contributed by atoms with E-state index in [-0.39, 0.29) is 31.2 Å². The van der Waals surface area contributed by atoms with Gasteiger partial charge in [0.15, 0.2) is 0 Å². The molecular weight excluding hydrogens is 362 g/mol. The molecule has 0 saturated heterocycles. The molecule has 1 aliphatic rings. The fraction of sp³-hybridized carbons (Fsp3) is 0.579. The predicted molar refractivity (Wildman–Crippen MR) is 97.2 cm³/mol. The zero-order valence-corrected chi connectivity index (χ0v) is 15.4. The van der Waals surface area contributed by atoms with Gasteiger partial charge in [0.1, 0.15) is 5.88 Å². The van der Waals surface area contributed by atoms with Crippen LogP contribution in [0.2, 0.25) is 0 Å². The van der Waals surface area contributed by atoms with Gasteiger partial charge in [-0.1, -0.05) is 43.2 Å². The van der Waals surface area contributed by atoms with Gasteiger partial charge in [0, 0.05) is 25.3 Å². The number of carbonyl (C=O) groups excluding carboxylic acids is 2. The first-order valence-electron chi connectivity index (χ1n) is 8.97. The van der Waals surface area contributed by atoms with Crippen molar-refractivity contribution in [2.75, 3.05) is 12.4 Å². The summed E-state index contributed by atoms with van der Waals surface area (Å²) in [7, 11) is 0. The molecule has 1 aromatic carbocycles. The van der Waals surface area contributed by atoms with Crippen molar-refractivity contribution in [1.82, 2.24) is 10.6 Å². The van der Waals surface area contributed by atoms with Crippen molar-refractivity contribution < 1.29 is 18.4 Å². The molecule has 2 unspecified atom stereocenters. The molecule has 1 fully saturated rings. The van der Waals surface area contributed by atoms with Gasteiger partial charge in [-0.05, 0) is 18.4 Å². The minimum Gasteiger partial charge on any atom is -0.354 e. The molecule has 4 nitrogen and oxygen atoms in total. The first-order valence-corrected chi connectivity index (χ1v) is 9.50. The number of carbonyl (C=O) groups is 2. The summed E-state index contributed by atoms with van der Waals surface area (Å²) in [5.74, 6) is -4.68. The number of halogens is 3. The summed E-state index contributed by atoms with van der Waals surface area (Å²) in [4.78, 5) is 23.8. The molecule has 0 aromatic heterocycles. The summed E-state index contributed by atoms with van der Waals surface area (Å²) in [6, 6.07) is 8.68. The molecule has 2 atom stereocenters. The van der Waals surface area contributed by atoms with Crippen LogP contribution in [0.15, 0.2) is 30.3 Å². The van der Waals surface area contributed by atoms with Crippen LogP contribution in [0, 0.1) is 5.92 Å². The van der Waals surface area contributed by atoms with Crippen LogP contribution in [-0.4, -0.2) is 30.2 Å². The SMILES string of the molecule is O=C(CC1CCCCCC1(F)F)NCC(NC(=O)CCl)c1ccccc1. The Balaban J connectivity index is 1.94. The van der Waals surface area contributed by atoms with Crippen molar-refractivity contribution in [2.45, 2.75) is 50.5 Å². The van der Waals surface area contributed by atoms with Crippen LogP contribution < -0.4 is 10.6 Å². The highest BCUT2D eigenvalue weighted by Crippen LogP contribution is 2.38. The molecule has 26 heavy (non-hydrogen) atoms. The van der Waals surface area contributed by atoms with Gasteiger partial charge in [-0.25, -0.2) is 8.78 Å². The Morgan fingerprint density at radius 2 is 1.88 bits per heavy atom. The van der Waals surface area contributed by atoms with Crippen LogP contribution >= 0.6 is 11.6 Å². The fourth-order valence-corrected chi connectivity index (χ4v) is 3.35. The lowest BCUT2D eigenvalue weighted by Crippen LogP contribution is -2.40. The zero-order valence-electron chi connectivity index (χ0n) is 14.6. The first kappa shape index (κ1) is 20.6. The molecule has 0 heterocycles. The minimum absolute atomic E-state index is 0.129. The summed E-state index contributed by atoms with van der Waals surface area (Å²) in [5.41, 5.74) is 0.811. The van der Waals surface area contributed by atoms with Gasteiger partial charge in [0.05, 0.1) is 6.04 Å². The highest BCUT2D eigenvalue weighted by Gasteiger charge is 2.40. The van der Waals surface area contributed by atoms with Crippen molar-refractivity contribution in [3.05, 3.63) is 35.9 Å². The van der Waals surface area contributed by atoms with Crippen LogP contribution in [0.5, 0.6) is 0 Å². The first-order chi connectivity index (χ1) is 12.4. The summed E-state index contributed by atoms with van der Waals surface area (Å²) < 4.78 is 28.2. The molecule has 144 valence electrons. The Morgan fingerprint density at radius 1 is 1.15 bits per heavy atom. The van der Waals surface area contributed by atoms with Crippen molar-refractivity contribution >= 4 is 23.4 Å². The minimum atomic E-state index is -2.79. The molecule has 2 amide bonds. The second-order valence-electron chi connectivity index (χ2n) is 6.73. The summed E-state index contributed by atoms with van der Waals surface area (Å²) in [5, 5.41) is 5.42. The lowest BCUT2D eigenvalue weighted by molar-refractivity contribution is -0.128. The van der Waals surface area contributed by atoms with Crippen molar-refractivity contribution in [3.63, 3.8) is 0 Å². The third-order valence-electron chi connectivity index (χ3n) is 4.75. The van der Waals surface area contributed by atoms with E-state index in [1.54, 1.807) is 0 Å². The summed E-state index contributed by atoms with van der Waals surface area (Å²) in [6.45, 7) is 0.129. The molecule has 1 aromatic rings. The van der Waals surface area contributed by atoms with Crippen LogP contribution in [0.3, 0.4) is 0 Å². The summed E-state index contributed by atoms with van der Waals surface area (Å²) in [6.07, 6.45) is 2.04. The van der Waals surface area contributed by atoms with E-state index in [0.29, 0.717) is 12.8 Å². The van der Waals surface area contributed by atoms with Gasteiger partial charge in [-0.3, -0.25) is 9.59 Å². The number of hydrogen-bond donors (Lipinski definition) is 2. The molecule has 1 aliphatic carbocycles. The maximum absolute atomic E-state index is 14.1. The predicted octanol–water partition coefficient (Wildman–Crippen LogP) is 3.80. The largest absolute Gasteiger partial charge is 0.354 e. The van der Waals surface area contributed by atoms with Crippen LogP contribution in [0.1, 0.15) is 50.1 Å². The van der Waals surface area contributed by atoms with Crippen LogP contribution in [-0.2, 0) is 9.59 Å². The number of alkyl halides is 3. The van der Waals surface area contributed by atoms with Gasteiger partial charge in [0.2, 0.25) is 11.8 Å². The van der Waals surface area contributed by atoms with E-state index in [9.17, 15) is 18.4 Å². The molecule has 2 rings (SSSR count). The van der Waals surface area contributed by atoms with E-state index in [1.807, 2.05) is 30.3 Å². The molecular formula is C19H25ClF2N2O2. The normalized spacial score (nSPS) is 20.7. The Bertz CT molecular complexity index is 598. The third-order valence-corrected chi connectivity index (χ3v) is 5.00. The fourth-order valence-electron chi connectivity index (χ4n) is 3.28.